The van der Waals surface area contributed by atoms with Crippen LogP contribution in [0.4, 0.5) is 0 Å². The highest BCUT2D eigenvalue weighted by molar-refractivity contribution is 5.97. The molecule has 3 heterocycles. The molecule has 136 valence electrons. The number of para-hydroxylation sites is 1. The molecule has 0 saturated carbocycles. The lowest BCUT2D eigenvalue weighted by molar-refractivity contribution is 0.318. The van der Waals surface area contributed by atoms with E-state index in [1.54, 1.807) is 24.7 Å². The lowest BCUT2D eigenvalue weighted by Crippen LogP contribution is -2.04. The second-order valence-electron chi connectivity index (χ2n) is 6.17. The summed E-state index contributed by atoms with van der Waals surface area (Å²) >= 11 is 0. The molecule has 0 N–H and O–H groups in total. The van der Waals surface area contributed by atoms with E-state index in [-0.39, 0.29) is 6.61 Å². The molecule has 28 heavy (non-hydrogen) atoms. The van der Waals surface area contributed by atoms with Gasteiger partial charge in [-0.2, -0.15) is 10.5 Å². The summed E-state index contributed by atoms with van der Waals surface area (Å²) in [6.07, 6.45) is 6.00. The molecule has 6 nitrogen and oxygen atoms in total. The Hall–Kier alpha value is -4.03. The molecule has 0 aliphatic heterocycles. The van der Waals surface area contributed by atoms with Crippen LogP contribution in [0.2, 0.25) is 0 Å². The molecule has 0 radical (unpaired) electrons. The highest BCUT2D eigenvalue weighted by Crippen LogP contribution is 2.35. The van der Waals surface area contributed by atoms with Crippen LogP contribution in [0.25, 0.3) is 16.4 Å². The Bertz CT molecular complexity index is 1220. The maximum absolute atomic E-state index is 9.76. The number of hydrogen-bond donors (Lipinski definition) is 0. The van der Waals surface area contributed by atoms with Crippen LogP contribution >= 0.6 is 0 Å². The zero-order chi connectivity index (χ0) is 19.3. The summed E-state index contributed by atoms with van der Waals surface area (Å²) in [5.74, 6) is 1.06. The highest BCUT2D eigenvalue weighted by atomic mass is 16.5. The van der Waals surface area contributed by atoms with Gasteiger partial charge in [0, 0.05) is 30.3 Å². The molecule has 0 amide bonds. The van der Waals surface area contributed by atoms with Crippen molar-refractivity contribution < 1.29 is 9.47 Å². The maximum atomic E-state index is 9.76. The molecular weight excluding hydrogens is 352 g/mol. The monoisotopic (exact) mass is 368 g/mol. The van der Waals surface area contributed by atoms with Crippen molar-refractivity contribution in [3.05, 3.63) is 72.2 Å². The van der Waals surface area contributed by atoms with Crippen molar-refractivity contribution >= 4 is 16.4 Å². The average Bonchev–Trinajstić information content (AvgIpc) is 3.07. The van der Waals surface area contributed by atoms with Crippen molar-refractivity contribution in [1.82, 2.24) is 9.38 Å². The molecule has 4 rings (SSSR count). The number of ether oxygens (including phenoxy) is 2. The zero-order valence-corrected chi connectivity index (χ0v) is 15.0. The number of nitrogens with zero attached hydrogens (tertiary/aromatic N) is 4. The van der Waals surface area contributed by atoms with E-state index in [2.05, 4.69) is 11.1 Å². The summed E-state index contributed by atoms with van der Waals surface area (Å²) in [4.78, 5) is 4.11. The van der Waals surface area contributed by atoms with Crippen LogP contribution in [0.5, 0.6) is 11.5 Å². The van der Waals surface area contributed by atoms with Gasteiger partial charge in [0.05, 0.1) is 23.9 Å². The van der Waals surface area contributed by atoms with E-state index in [1.807, 2.05) is 46.9 Å². The van der Waals surface area contributed by atoms with Crippen LogP contribution in [0.15, 0.2) is 61.1 Å². The van der Waals surface area contributed by atoms with Gasteiger partial charge >= 0.3 is 0 Å². The van der Waals surface area contributed by atoms with E-state index in [0.29, 0.717) is 35.6 Å². The lowest BCUT2D eigenvalue weighted by atomic mass is 10.1. The van der Waals surface area contributed by atoms with Gasteiger partial charge in [-0.1, -0.05) is 24.3 Å². The second kappa shape index (κ2) is 7.69. The molecule has 1 aromatic carbocycles. The molecular formula is C22H16N4O2. The minimum atomic E-state index is -0.0645. The van der Waals surface area contributed by atoms with Gasteiger partial charge in [0.1, 0.15) is 29.2 Å². The van der Waals surface area contributed by atoms with E-state index in [1.165, 1.54) is 0 Å². The first-order chi connectivity index (χ1) is 13.8. The highest BCUT2D eigenvalue weighted by Gasteiger charge is 2.17. The smallest absolute Gasteiger partial charge is 0.174 e. The summed E-state index contributed by atoms with van der Waals surface area (Å²) < 4.78 is 13.4. The first kappa shape index (κ1) is 17.4. The van der Waals surface area contributed by atoms with Crippen molar-refractivity contribution in [2.24, 2.45) is 0 Å². The van der Waals surface area contributed by atoms with E-state index < -0.39 is 0 Å². The summed E-state index contributed by atoms with van der Waals surface area (Å²) in [6.45, 7) is 0.361. The molecule has 0 bridgehead atoms. The van der Waals surface area contributed by atoms with Gasteiger partial charge in [-0.05, 0) is 17.7 Å². The van der Waals surface area contributed by atoms with Crippen LogP contribution < -0.4 is 9.47 Å². The standard InChI is InChI=1S/C22H16N4O2/c23-8-11-27-17-12-21(28-10-7-16-4-3-9-25-14-16)22-19(13-24)18-5-1-2-6-20(18)26(22)15-17/h1-6,9,12,14-15H,7,10-11H2. The Morgan fingerprint density at radius 3 is 2.75 bits per heavy atom. The Kier molecular flexibility index (Phi) is 4.78. The van der Waals surface area contributed by atoms with Crippen molar-refractivity contribution in [3.8, 4) is 23.6 Å². The number of benzene rings is 1. The quantitative estimate of drug-likeness (QED) is 0.516. The van der Waals surface area contributed by atoms with Crippen LogP contribution in [0.1, 0.15) is 11.1 Å². The fourth-order valence-corrected chi connectivity index (χ4v) is 3.24. The van der Waals surface area contributed by atoms with Gasteiger partial charge in [-0.3, -0.25) is 4.98 Å². The van der Waals surface area contributed by atoms with Gasteiger partial charge in [-0.25, -0.2) is 0 Å². The summed E-state index contributed by atoms with van der Waals surface area (Å²) in [7, 11) is 0. The number of hydrogen-bond acceptors (Lipinski definition) is 5. The molecule has 3 aromatic heterocycles. The first-order valence-electron chi connectivity index (χ1n) is 8.80. The molecule has 0 aliphatic carbocycles. The third-order valence-electron chi connectivity index (χ3n) is 4.46. The zero-order valence-electron chi connectivity index (χ0n) is 15.0. The van der Waals surface area contributed by atoms with Gasteiger partial charge in [0.15, 0.2) is 6.61 Å². The predicted octanol–water partition coefficient (Wildman–Crippen LogP) is 3.88. The number of rotatable bonds is 6. The van der Waals surface area contributed by atoms with E-state index in [9.17, 15) is 5.26 Å². The molecule has 0 aliphatic rings. The van der Waals surface area contributed by atoms with Crippen LogP contribution in [-0.4, -0.2) is 22.6 Å². The van der Waals surface area contributed by atoms with Crippen molar-refractivity contribution in [2.45, 2.75) is 6.42 Å². The number of nitriles is 2. The fraction of sp³-hybridized carbons (Fsp3) is 0.136. The molecule has 4 aromatic rings. The molecule has 0 atom stereocenters. The van der Waals surface area contributed by atoms with Gasteiger partial charge in [0.25, 0.3) is 0 Å². The minimum absolute atomic E-state index is 0.0645. The van der Waals surface area contributed by atoms with Crippen molar-refractivity contribution in [2.75, 3.05) is 13.2 Å². The lowest BCUT2D eigenvalue weighted by Gasteiger charge is -2.12. The number of fused-ring (bicyclic) bond motifs is 3. The maximum Gasteiger partial charge on any atom is 0.174 e. The molecule has 0 unspecified atom stereocenters. The van der Waals surface area contributed by atoms with E-state index >= 15 is 0 Å². The Morgan fingerprint density at radius 2 is 1.96 bits per heavy atom. The second-order valence-corrected chi connectivity index (χ2v) is 6.17. The fourth-order valence-electron chi connectivity index (χ4n) is 3.24. The Morgan fingerprint density at radius 1 is 1.07 bits per heavy atom. The van der Waals surface area contributed by atoms with Gasteiger partial charge < -0.3 is 13.9 Å². The third-order valence-corrected chi connectivity index (χ3v) is 4.46. The minimum Gasteiger partial charge on any atom is -0.491 e. The average molecular weight is 368 g/mol. The van der Waals surface area contributed by atoms with Crippen LogP contribution in [0.3, 0.4) is 0 Å². The first-order valence-corrected chi connectivity index (χ1v) is 8.80. The largest absolute Gasteiger partial charge is 0.491 e. The van der Waals surface area contributed by atoms with Gasteiger partial charge in [0.2, 0.25) is 0 Å². The van der Waals surface area contributed by atoms with Gasteiger partial charge in [-0.15, -0.1) is 0 Å². The summed E-state index contributed by atoms with van der Waals surface area (Å²) in [5, 5.41) is 19.4. The molecule has 0 saturated heterocycles. The summed E-state index contributed by atoms with van der Waals surface area (Å²) in [5.41, 5.74) is 3.20. The molecule has 6 heteroatoms. The Balaban J connectivity index is 1.78. The SMILES string of the molecule is N#CCOc1cc(OCCc2cccnc2)c2c(C#N)c3ccccc3n2c1. The topological polar surface area (TPSA) is 83.3 Å². The Labute approximate surface area is 161 Å². The number of aromatic nitrogens is 2. The van der Waals surface area contributed by atoms with Crippen molar-refractivity contribution in [3.63, 3.8) is 0 Å². The number of pyridine rings is 2. The third kappa shape index (κ3) is 3.20. The van der Waals surface area contributed by atoms with Crippen LogP contribution in [-0.2, 0) is 6.42 Å². The summed E-state index contributed by atoms with van der Waals surface area (Å²) in [6, 6.07) is 17.6. The van der Waals surface area contributed by atoms with E-state index in [4.69, 9.17) is 14.7 Å². The molecule has 0 spiro atoms. The van der Waals surface area contributed by atoms with E-state index in [0.717, 1.165) is 16.5 Å². The molecule has 0 fully saturated rings. The predicted molar refractivity (Wildman–Crippen MR) is 104 cm³/mol. The van der Waals surface area contributed by atoms with Crippen molar-refractivity contribution in [1.29, 1.82) is 10.5 Å². The normalized spacial score (nSPS) is 10.5. The van der Waals surface area contributed by atoms with Crippen LogP contribution in [0, 0.1) is 22.7 Å².